The molecule has 0 aromatic heterocycles. The van der Waals surface area contributed by atoms with Crippen molar-refractivity contribution in [2.75, 3.05) is 6.79 Å². The molecule has 0 heterocycles. The van der Waals surface area contributed by atoms with Crippen LogP contribution in [0.5, 0.6) is 5.75 Å². The molecular formula is C13H13F3O5. The second-order valence-corrected chi connectivity index (χ2v) is 4.19. The lowest BCUT2D eigenvalue weighted by Crippen LogP contribution is -2.16. The van der Waals surface area contributed by atoms with Gasteiger partial charge in [-0.05, 0) is 32.0 Å². The summed E-state index contributed by atoms with van der Waals surface area (Å²) < 4.78 is 51.6. The Morgan fingerprint density at radius 1 is 1.33 bits per heavy atom. The van der Waals surface area contributed by atoms with Crippen LogP contribution >= 0.6 is 0 Å². The largest absolute Gasteiger partial charge is 0.511 e. The van der Waals surface area contributed by atoms with Crippen LogP contribution in [0.15, 0.2) is 18.2 Å². The number of alkyl halides is 3. The quantitative estimate of drug-likeness (QED) is 0.474. The lowest BCUT2D eigenvalue weighted by atomic mass is 10.1. The number of halogens is 3. The van der Waals surface area contributed by atoms with Gasteiger partial charge in [0.2, 0.25) is 6.79 Å². The molecule has 0 aliphatic rings. The summed E-state index contributed by atoms with van der Waals surface area (Å²) in [5, 5.41) is 0. The van der Waals surface area contributed by atoms with Gasteiger partial charge in [0.05, 0.1) is 17.2 Å². The molecule has 1 aromatic rings. The van der Waals surface area contributed by atoms with Gasteiger partial charge in [0.15, 0.2) is 6.29 Å². The minimum atomic E-state index is -4.57. The van der Waals surface area contributed by atoms with Crippen LogP contribution in [0.1, 0.15) is 29.8 Å². The van der Waals surface area contributed by atoms with Gasteiger partial charge in [0.25, 0.3) is 0 Å². The highest BCUT2D eigenvalue weighted by Crippen LogP contribution is 2.32. The molecule has 0 fully saturated rings. The highest BCUT2D eigenvalue weighted by atomic mass is 19.4. The van der Waals surface area contributed by atoms with Crippen molar-refractivity contribution in [1.29, 1.82) is 0 Å². The van der Waals surface area contributed by atoms with E-state index in [4.69, 9.17) is 4.74 Å². The molecule has 0 aliphatic heterocycles. The maximum absolute atomic E-state index is 12.5. The van der Waals surface area contributed by atoms with Crippen molar-refractivity contribution in [1.82, 2.24) is 0 Å². The molecule has 1 rings (SSSR count). The van der Waals surface area contributed by atoms with Crippen LogP contribution in [0.2, 0.25) is 0 Å². The smallest absolute Gasteiger partial charge is 0.456 e. The summed E-state index contributed by atoms with van der Waals surface area (Å²) in [6.45, 7) is 2.52. The second-order valence-electron chi connectivity index (χ2n) is 4.19. The standard InChI is InChI=1S/C13H13F3O5/c1-8(2)21-12(18)20-7-19-11-5-10(13(14,15)16)4-3-9(11)6-17/h3-6,8H,7H2,1-2H3. The second kappa shape index (κ2) is 6.96. The van der Waals surface area contributed by atoms with Crippen molar-refractivity contribution in [2.24, 2.45) is 0 Å². The number of carbonyl (C=O) groups excluding carboxylic acids is 2. The van der Waals surface area contributed by atoms with Crippen LogP contribution in [0.25, 0.3) is 0 Å². The molecule has 0 saturated heterocycles. The first kappa shape index (κ1) is 16.8. The van der Waals surface area contributed by atoms with Gasteiger partial charge in [0, 0.05) is 0 Å². The lowest BCUT2D eigenvalue weighted by molar-refractivity contribution is -0.137. The number of hydrogen-bond donors (Lipinski definition) is 0. The monoisotopic (exact) mass is 306 g/mol. The Kier molecular flexibility index (Phi) is 5.57. The van der Waals surface area contributed by atoms with E-state index in [1.54, 1.807) is 13.8 Å². The molecule has 8 heteroatoms. The Hall–Kier alpha value is -2.25. The normalized spacial score (nSPS) is 11.1. The van der Waals surface area contributed by atoms with Crippen molar-refractivity contribution in [3.63, 3.8) is 0 Å². The first-order valence-corrected chi connectivity index (χ1v) is 5.86. The van der Waals surface area contributed by atoms with Gasteiger partial charge in [0.1, 0.15) is 5.75 Å². The minimum Gasteiger partial charge on any atom is -0.456 e. The fraction of sp³-hybridized carbons (Fsp3) is 0.385. The van der Waals surface area contributed by atoms with E-state index in [0.717, 1.165) is 12.1 Å². The summed E-state index contributed by atoms with van der Waals surface area (Å²) in [6, 6.07) is 2.38. The van der Waals surface area contributed by atoms with Gasteiger partial charge in [-0.2, -0.15) is 13.2 Å². The third-order valence-electron chi connectivity index (χ3n) is 2.19. The van der Waals surface area contributed by atoms with E-state index in [2.05, 4.69) is 9.47 Å². The van der Waals surface area contributed by atoms with Gasteiger partial charge < -0.3 is 14.2 Å². The van der Waals surface area contributed by atoms with Gasteiger partial charge in [-0.25, -0.2) is 4.79 Å². The van der Waals surface area contributed by atoms with Crippen LogP contribution in [0, 0.1) is 0 Å². The fourth-order valence-electron chi connectivity index (χ4n) is 1.30. The molecule has 0 amide bonds. The van der Waals surface area contributed by atoms with Crippen LogP contribution in [0.3, 0.4) is 0 Å². The highest BCUT2D eigenvalue weighted by molar-refractivity contribution is 5.79. The molecule has 0 bridgehead atoms. The zero-order valence-corrected chi connectivity index (χ0v) is 11.3. The molecule has 0 saturated carbocycles. The van der Waals surface area contributed by atoms with Gasteiger partial charge in [-0.3, -0.25) is 4.79 Å². The van der Waals surface area contributed by atoms with E-state index < -0.39 is 30.8 Å². The number of ether oxygens (including phenoxy) is 3. The van der Waals surface area contributed by atoms with Gasteiger partial charge in [-0.15, -0.1) is 0 Å². The molecule has 1 aromatic carbocycles. The molecule has 0 atom stereocenters. The third kappa shape index (κ3) is 5.33. The van der Waals surface area contributed by atoms with E-state index in [-0.39, 0.29) is 11.3 Å². The molecule has 0 unspecified atom stereocenters. The molecular weight excluding hydrogens is 293 g/mol. The summed E-state index contributed by atoms with van der Waals surface area (Å²) in [4.78, 5) is 21.8. The van der Waals surface area contributed by atoms with E-state index >= 15 is 0 Å². The average molecular weight is 306 g/mol. The number of rotatable bonds is 5. The number of carbonyl (C=O) groups is 2. The van der Waals surface area contributed by atoms with Crippen molar-refractivity contribution in [2.45, 2.75) is 26.1 Å². The average Bonchev–Trinajstić information content (AvgIpc) is 2.36. The van der Waals surface area contributed by atoms with E-state index in [1.807, 2.05) is 0 Å². The maximum Gasteiger partial charge on any atom is 0.511 e. The van der Waals surface area contributed by atoms with Gasteiger partial charge >= 0.3 is 12.3 Å². The summed E-state index contributed by atoms with van der Waals surface area (Å²) in [7, 11) is 0. The Bertz CT molecular complexity index is 511. The van der Waals surface area contributed by atoms with Crippen molar-refractivity contribution in [3.05, 3.63) is 29.3 Å². The first-order valence-electron chi connectivity index (χ1n) is 5.86. The van der Waals surface area contributed by atoms with Crippen molar-refractivity contribution < 1.29 is 37.0 Å². The fourth-order valence-corrected chi connectivity index (χ4v) is 1.30. The van der Waals surface area contributed by atoms with Crippen LogP contribution in [0.4, 0.5) is 18.0 Å². The van der Waals surface area contributed by atoms with E-state index in [1.165, 1.54) is 0 Å². The number of benzene rings is 1. The maximum atomic E-state index is 12.5. The van der Waals surface area contributed by atoms with Crippen molar-refractivity contribution >= 4 is 12.4 Å². The molecule has 0 radical (unpaired) electrons. The number of hydrogen-bond acceptors (Lipinski definition) is 5. The molecule has 5 nitrogen and oxygen atoms in total. The Balaban J connectivity index is 2.73. The van der Waals surface area contributed by atoms with Gasteiger partial charge in [-0.1, -0.05) is 0 Å². The van der Waals surface area contributed by atoms with Crippen LogP contribution in [-0.4, -0.2) is 25.3 Å². The third-order valence-corrected chi connectivity index (χ3v) is 2.19. The van der Waals surface area contributed by atoms with E-state index in [9.17, 15) is 22.8 Å². The zero-order chi connectivity index (χ0) is 16.0. The Morgan fingerprint density at radius 2 is 2.00 bits per heavy atom. The predicted octanol–water partition coefficient (Wildman–Crippen LogP) is 3.42. The molecule has 0 N–H and O–H groups in total. The predicted molar refractivity (Wildman–Crippen MR) is 65.0 cm³/mol. The summed E-state index contributed by atoms with van der Waals surface area (Å²) in [6.07, 6.45) is -5.67. The Labute approximate surface area is 118 Å². The topological polar surface area (TPSA) is 61.8 Å². The van der Waals surface area contributed by atoms with Crippen molar-refractivity contribution in [3.8, 4) is 5.75 Å². The van der Waals surface area contributed by atoms with Crippen LogP contribution < -0.4 is 4.74 Å². The zero-order valence-electron chi connectivity index (χ0n) is 11.3. The molecule has 0 aliphatic carbocycles. The highest BCUT2D eigenvalue weighted by Gasteiger charge is 2.31. The number of aldehydes is 1. The first-order chi connectivity index (χ1) is 9.74. The summed E-state index contributed by atoms with van der Waals surface area (Å²) in [5.41, 5.74) is -1.07. The SMILES string of the molecule is CC(C)OC(=O)OCOc1cc(C(F)(F)F)ccc1C=O. The molecule has 21 heavy (non-hydrogen) atoms. The Morgan fingerprint density at radius 3 is 2.52 bits per heavy atom. The van der Waals surface area contributed by atoms with Crippen LogP contribution in [-0.2, 0) is 15.7 Å². The minimum absolute atomic E-state index is 0.0937. The molecule has 116 valence electrons. The van der Waals surface area contributed by atoms with E-state index in [0.29, 0.717) is 12.4 Å². The summed E-state index contributed by atoms with van der Waals surface area (Å²) in [5.74, 6) is -0.336. The lowest BCUT2D eigenvalue weighted by Gasteiger charge is -2.13. The molecule has 0 spiro atoms. The summed E-state index contributed by atoms with van der Waals surface area (Å²) >= 11 is 0.